The summed E-state index contributed by atoms with van der Waals surface area (Å²) in [7, 11) is -21.6. The summed E-state index contributed by atoms with van der Waals surface area (Å²) in [6.45, 7) is 14.8. The van der Waals surface area contributed by atoms with Crippen molar-refractivity contribution in [3.8, 4) is 0 Å². The molecule has 0 spiro atoms. The number of benzene rings is 5. The van der Waals surface area contributed by atoms with Crippen molar-refractivity contribution in [2.45, 2.75) is 79.9 Å². The predicted octanol–water partition coefficient (Wildman–Crippen LogP) is 1.49. The molecule has 0 unspecified atom stereocenters. The summed E-state index contributed by atoms with van der Waals surface area (Å²) < 4.78 is 152. The molecule has 0 aliphatic rings. The number of hydrogen-bond donors (Lipinski definition) is 1. The molecule has 0 atom stereocenters. The van der Waals surface area contributed by atoms with E-state index in [0.29, 0.717) is 9.81 Å². The van der Waals surface area contributed by atoms with Gasteiger partial charge in [0.1, 0.15) is 0 Å². The van der Waals surface area contributed by atoms with Gasteiger partial charge in [-0.2, -0.15) is 0 Å². The number of sulfonamides is 5. The fourth-order valence-electron chi connectivity index (χ4n) is 8.10. The van der Waals surface area contributed by atoms with Crippen molar-refractivity contribution in [2.75, 3.05) is 52.4 Å². The van der Waals surface area contributed by atoms with Gasteiger partial charge in [-0.1, -0.05) is 0 Å². The first-order valence-electron chi connectivity index (χ1n) is 22.2. The molecule has 68 heavy (non-hydrogen) atoms. The zero-order valence-electron chi connectivity index (χ0n) is 39.5. The van der Waals surface area contributed by atoms with Crippen molar-refractivity contribution >= 4 is 113 Å². The van der Waals surface area contributed by atoms with Gasteiger partial charge >= 0.3 is 425 Å². The van der Waals surface area contributed by atoms with Gasteiger partial charge in [-0.05, 0) is 0 Å². The Balaban J connectivity index is 2.03. The second-order valence-corrected chi connectivity index (χ2v) is 40.8. The first-order valence-corrected chi connectivity index (χ1v) is 40.0. The van der Waals surface area contributed by atoms with E-state index in [2.05, 4.69) is 0 Å². The van der Waals surface area contributed by atoms with Gasteiger partial charge in [0.25, 0.3) is 0 Å². The molecule has 22 heteroatoms. The molecule has 0 fully saturated rings. The molecule has 0 saturated heterocycles. The number of nitrogens with two attached hydrogens (primary N) is 1. The van der Waals surface area contributed by atoms with E-state index in [1.54, 1.807) is 140 Å². The molecule has 0 amide bonds. The van der Waals surface area contributed by atoms with Gasteiger partial charge in [-0.25, -0.2) is 0 Å². The average Bonchev–Trinajstić information content (AvgIpc) is 3.31. The van der Waals surface area contributed by atoms with E-state index < -0.39 is 98.5 Å². The molecule has 370 valence electrons. The van der Waals surface area contributed by atoms with Gasteiger partial charge in [-0.15, -0.1) is 0 Å². The summed E-state index contributed by atoms with van der Waals surface area (Å²) >= 11 is -9.13. The van der Waals surface area contributed by atoms with Gasteiger partial charge in [0, 0.05) is 0 Å². The molecule has 0 aliphatic heterocycles. The van der Waals surface area contributed by atoms with Crippen molar-refractivity contribution in [3.63, 3.8) is 0 Å². The Labute approximate surface area is 421 Å². The van der Waals surface area contributed by atoms with E-state index >= 15 is 0 Å². The molecule has 0 aromatic heterocycles. The van der Waals surface area contributed by atoms with Crippen LogP contribution < -0.4 is 24.8 Å². The molecule has 0 heterocycles. The van der Waals surface area contributed by atoms with E-state index in [1.807, 2.05) is 0 Å². The van der Waals surface area contributed by atoms with E-state index in [1.165, 1.54) is 47.6 Å². The molecule has 5 aromatic carbocycles. The van der Waals surface area contributed by atoms with Gasteiger partial charge in [0.05, 0.1) is 0 Å². The summed E-state index contributed by atoms with van der Waals surface area (Å²) in [4.78, 5) is -0.667. The zero-order chi connectivity index (χ0) is 50.4. The van der Waals surface area contributed by atoms with Crippen LogP contribution in [-0.2, 0) is 50.1 Å². The molecule has 0 radical (unpaired) electrons. The normalized spacial score (nSPS) is 13.2. The molecule has 2 N–H and O–H groups in total. The molecule has 5 aromatic rings. The van der Waals surface area contributed by atoms with Crippen molar-refractivity contribution in [2.24, 2.45) is 5.14 Å². The Morgan fingerprint density at radius 3 is 0.824 bits per heavy atom. The quantitative estimate of drug-likeness (QED) is 0.0933. The van der Waals surface area contributed by atoms with Crippen LogP contribution in [0.4, 0.5) is 0 Å². The second-order valence-electron chi connectivity index (χ2n) is 15.1. The Morgan fingerprint density at radius 2 is 0.574 bits per heavy atom. The van der Waals surface area contributed by atoms with Gasteiger partial charge in [0.15, 0.2) is 0 Å². The van der Waals surface area contributed by atoms with Crippen LogP contribution in [-0.4, -0.2) is 155 Å². The summed E-state index contributed by atoms with van der Waals surface area (Å²) in [6.07, 6.45) is 0. The maximum atomic E-state index is 14.6. The van der Waals surface area contributed by atoms with Gasteiger partial charge < -0.3 is 0 Å². The van der Waals surface area contributed by atoms with E-state index in [0.717, 1.165) is 0 Å². The number of rotatable bonds is 23. The van der Waals surface area contributed by atoms with Crippen molar-refractivity contribution in [3.05, 3.63) is 115 Å². The van der Waals surface area contributed by atoms with Crippen molar-refractivity contribution in [1.82, 2.24) is 17.2 Å². The fourth-order valence-corrected chi connectivity index (χ4v) is 44.4. The molecule has 0 saturated carbocycles. The van der Waals surface area contributed by atoms with Crippen LogP contribution in [0.3, 0.4) is 0 Å². The SMILES string of the molecule is CCN(CC)S(=O)(=O)c1cccc[c]1[Bi]([c]1cc[c]([Bi]([c]2ccccc2S(=O)(=O)N(CC)CC)[c]2ccccc2S(=O)(=O)N(CC)CC)c(S(N)(=O)=O)c1)[c]1ccccc1S(=O)(=O)N(CC)CC. The van der Waals surface area contributed by atoms with E-state index in [4.69, 9.17) is 5.14 Å². The molecular weight excluding hydrogens is 1360 g/mol. The van der Waals surface area contributed by atoms with Gasteiger partial charge in [-0.3, -0.25) is 0 Å². The third-order valence-corrected chi connectivity index (χ3v) is 44.0. The first-order chi connectivity index (χ1) is 32.1. The Hall–Kier alpha value is -2.58. The number of primary sulfonamides is 1. The van der Waals surface area contributed by atoms with Crippen molar-refractivity contribution in [1.29, 1.82) is 0 Å². The molecule has 15 nitrogen and oxygen atoms in total. The minimum absolute atomic E-state index is 0.0413. The third-order valence-electron chi connectivity index (χ3n) is 11.5. The van der Waals surface area contributed by atoms with E-state index in [-0.39, 0.29) is 81.8 Å². The average molecular weight is 1420 g/mol. The minimum atomic E-state index is -4.77. The van der Waals surface area contributed by atoms with Crippen LogP contribution in [0.25, 0.3) is 0 Å². The monoisotopic (exact) mass is 1420 g/mol. The number of hydrogen-bond acceptors (Lipinski definition) is 10. The fraction of sp³-hybridized carbons (Fsp3) is 0.348. The third kappa shape index (κ3) is 11.2. The van der Waals surface area contributed by atoms with Crippen LogP contribution in [0.1, 0.15) is 55.4 Å². The molecular formula is C46H61Bi2N5O10S5. The molecule has 0 bridgehead atoms. The zero-order valence-corrected chi connectivity index (χ0v) is 50.5. The molecule has 0 aliphatic carbocycles. The number of nitrogens with zero attached hydrogens (tertiary/aromatic N) is 4. The topological polar surface area (TPSA) is 210 Å². The van der Waals surface area contributed by atoms with Crippen molar-refractivity contribution < 1.29 is 42.1 Å². The Kier molecular flexibility index (Phi) is 19.3. The Morgan fingerprint density at radius 1 is 0.338 bits per heavy atom. The molecule has 5 rings (SSSR count). The summed E-state index contributed by atoms with van der Waals surface area (Å²) in [6, 6.07) is 29.9. The predicted molar refractivity (Wildman–Crippen MR) is 273 cm³/mol. The standard InChI is InChI=1S/4C10H14NO2S.C6H5NO2S.2Bi/c4*1-3-11(4-2)14(12,13)10-8-6-5-7-9-10;7-10(8,9)6-4-2-1-3-5-6;;/h4*5-8H,3-4H2,1-2H3;1-2,5H,(H2,7,8,9);;. The summed E-state index contributed by atoms with van der Waals surface area (Å²) in [5.41, 5.74) is 0. The van der Waals surface area contributed by atoms with Crippen LogP contribution in [0, 0.1) is 0 Å². The maximum absolute atomic E-state index is 14.6. The van der Waals surface area contributed by atoms with Crippen LogP contribution in [0.2, 0.25) is 0 Å². The first kappa shape index (κ1) is 56.3. The van der Waals surface area contributed by atoms with Crippen LogP contribution in [0.5, 0.6) is 0 Å². The second kappa shape index (κ2) is 23.3. The van der Waals surface area contributed by atoms with Crippen LogP contribution in [0.15, 0.2) is 140 Å². The van der Waals surface area contributed by atoms with E-state index in [9.17, 15) is 42.1 Å². The van der Waals surface area contributed by atoms with Crippen LogP contribution >= 0.6 is 0 Å². The van der Waals surface area contributed by atoms with Gasteiger partial charge in [0.2, 0.25) is 0 Å². The Bertz CT molecular complexity index is 2990. The summed E-state index contributed by atoms with van der Waals surface area (Å²) in [5, 5.41) is 6.25. The summed E-state index contributed by atoms with van der Waals surface area (Å²) in [5.74, 6) is 0.